The lowest BCUT2D eigenvalue weighted by atomic mass is 9.97. The van der Waals surface area contributed by atoms with E-state index in [9.17, 15) is 17.6 Å². The normalized spacial score (nSPS) is 15.2. The molecule has 0 radical (unpaired) electrons. The molecule has 0 spiro atoms. The second-order valence-corrected chi connectivity index (χ2v) is 11.6. The van der Waals surface area contributed by atoms with Crippen LogP contribution in [0.1, 0.15) is 43.4 Å². The quantitative estimate of drug-likeness (QED) is 0.358. The highest BCUT2D eigenvalue weighted by Crippen LogP contribution is 2.50. The zero-order valence-corrected chi connectivity index (χ0v) is 21.1. The Labute approximate surface area is 208 Å². The lowest BCUT2D eigenvalue weighted by Gasteiger charge is -2.34. The van der Waals surface area contributed by atoms with Crippen LogP contribution in [0.15, 0.2) is 53.6 Å². The van der Waals surface area contributed by atoms with Crippen LogP contribution < -0.4 is 10.5 Å². The van der Waals surface area contributed by atoms with E-state index in [-0.39, 0.29) is 23.0 Å². The average molecular weight is 512 g/mol. The third-order valence-corrected chi connectivity index (χ3v) is 7.61. The van der Waals surface area contributed by atoms with E-state index in [4.69, 9.17) is 0 Å². The van der Waals surface area contributed by atoms with Gasteiger partial charge < -0.3 is 14.5 Å². The number of pyridine rings is 1. The van der Waals surface area contributed by atoms with Crippen LogP contribution in [-0.4, -0.2) is 24.2 Å². The lowest BCUT2D eigenvalue weighted by molar-refractivity contribution is 0.560. The van der Waals surface area contributed by atoms with E-state index >= 15 is 4.39 Å². The highest BCUT2D eigenvalue weighted by molar-refractivity contribution is 7.89. The molecular weight excluding hydrogens is 484 g/mol. The monoisotopic (exact) mass is 511 g/mol. The zero-order chi connectivity index (χ0) is 25.8. The minimum Gasteiger partial charge on any atom is -0.356 e. The number of hydrogen-bond donors (Lipinski definition) is 1. The molecule has 1 aliphatic rings. The van der Waals surface area contributed by atoms with Gasteiger partial charge in [0.1, 0.15) is 17.2 Å². The van der Waals surface area contributed by atoms with Gasteiger partial charge >= 0.3 is 0 Å². The van der Waals surface area contributed by atoms with Gasteiger partial charge in [-0.25, -0.2) is 17.2 Å². The first kappa shape index (κ1) is 24.2. The van der Waals surface area contributed by atoms with Gasteiger partial charge in [0.15, 0.2) is 9.84 Å². The number of nitrogens with zero attached hydrogens (tertiary/aromatic N) is 2. The molecule has 6 nitrogen and oxygen atoms in total. The number of anilines is 2. The van der Waals surface area contributed by atoms with Crippen molar-refractivity contribution in [2.24, 2.45) is 7.05 Å². The Morgan fingerprint density at radius 3 is 2.50 bits per heavy atom. The van der Waals surface area contributed by atoms with Gasteiger partial charge in [-0.1, -0.05) is 25.8 Å². The fourth-order valence-corrected chi connectivity index (χ4v) is 6.01. The van der Waals surface area contributed by atoms with Crippen molar-refractivity contribution >= 4 is 32.1 Å². The highest BCUT2D eigenvalue weighted by atomic mass is 32.2. The average Bonchev–Trinajstić information content (AvgIpc) is 3.20. The Bertz CT molecular complexity index is 1660. The van der Waals surface area contributed by atoms with Gasteiger partial charge in [-0.3, -0.25) is 4.79 Å². The van der Waals surface area contributed by atoms with Gasteiger partial charge in [0.25, 0.3) is 5.56 Å². The molecule has 36 heavy (non-hydrogen) atoms. The Kier molecular flexibility index (Phi) is 5.98. The summed E-state index contributed by atoms with van der Waals surface area (Å²) in [6.07, 6.45) is 7.14. The third-order valence-electron chi connectivity index (χ3n) is 6.75. The van der Waals surface area contributed by atoms with E-state index in [1.807, 2.05) is 4.90 Å². The van der Waals surface area contributed by atoms with Gasteiger partial charge in [-0.05, 0) is 36.2 Å². The highest BCUT2D eigenvalue weighted by Gasteiger charge is 2.34. The summed E-state index contributed by atoms with van der Waals surface area (Å²) in [6.45, 7) is 2.07. The number of fused-ring (bicyclic) bond motifs is 2. The maximum Gasteiger partial charge on any atom is 0.274 e. The summed E-state index contributed by atoms with van der Waals surface area (Å²) in [5, 5.41) is 0.738. The number of aromatic amines is 1. The number of H-pyrrole nitrogens is 1. The van der Waals surface area contributed by atoms with Crippen LogP contribution in [0.5, 0.6) is 0 Å². The first-order valence-electron chi connectivity index (χ1n) is 11.8. The van der Waals surface area contributed by atoms with E-state index in [0.29, 0.717) is 28.8 Å². The smallest absolute Gasteiger partial charge is 0.274 e. The van der Waals surface area contributed by atoms with Crippen molar-refractivity contribution in [3.05, 3.63) is 81.9 Å². The molecule has 1 N–H and O–H groups in total. The zero-order valence-electron chi connectivity index (χ0n) is 20.3. The van der Waals surface area contributed by atoms with Gasteiger partial charge in [0.2, 0.25) is 0 Å². The van der Waals surface area contributed by atoms with Crippen LogP contribution in [0.4, 0.5) is 20.2 Å². The van der Waals surface area contributed by atoms with Crippen molar-refractivity contribution in [1.82, 2.24) is 9.55 Å². The van der Waals surface area contributed by atoms with Gasteiger partial charge in [0, 0.05) is 59.5 Å². The first-order chi connectivity index (χ1) is 17.1. The Balaban J connectivity index is 1.89. The summed E-state index contributed by atoms with van der Waals surface area (Å²) in [5.41, 5.74) is 3.98. The number of rotatable bonds is 6. The molecule has 0 bridgehead atoms. The van der Waals surface area contributed by atoms with E-state index in [0.717, 1.165) is 35.4 Å². The molecule has 2 aromatic heterocycles. The van der Waals surface area contributed by atoms with Crippen LogP contribution in [0.3, 0.4) is 0 Å². The summed E-state index contributed by atoms with van der Waals surface area (Å²) in [6, 6.07) is 8.50. The number of sulfone groups is 1. The molecule has 9 heteroatoms. The SMILES string of the molecule is CCCCC1c2c[nH]c3c(=O)n(C)cc(c23)-c2cc(CS(C)(=O)=O)ccc2N1c1ccc(F)cc1F. The molecule has 1 aliphatic heterocycles. The number of halogens is 2. The lowest BCUT2D eigenvalue weighted by Crippen LogP contribution is -2.24. The third kappa shape index (κ3) is 4.11. The molecular formula is C27H27F2N3O3S. The van der Waals surface area contributed by atoms with E-state index in [1.165, 1.54) is 23.0 Å². The summed E-state index contributed by atoms with van der Waals surface area (Å²) >= 11 is 0. The van der Waals surface area contributed by atoms with Crippen LogP contribution in [0.25, 0.3) is 22.0 Å². The molecule has 2 aromatic carbocycles. The molecule has 0 aliphatic carbocycles. The van der Waals surface area contributed by atoms with Crippen LogP contribution in [0.2, 0.25) is 0 Å². The van der Waals surface area contributed by atoms with Gasteiger partial charge in [-0.15, -0.1) is 0 Å². The largest absolute Gasteiger partial charge is 0.356 e. The Morgan fingerprint density at radius 1 is 1.06 bits per heavy atom. The molecule has 1 unspecified atom stereocenters. The number of benzene rings is 2. The van der Waals surface area contributed by atoms with Crippen molar-refractivity contribution < 1.29 is 17.2 Å². The Hall–Kier alpha value is -3.46. The second kappa shape index (κ2) is 8.89. The predicted octanol–water partition coefficient (Wildman–Crippen LogP) is 5.74. The fraction of sp³-hybridized carbons (Fsp3) is 0.296. The molecule has 0 fully saturated rings. The molecule has 0 saturated heterocycles. The van der Waals surface area contributed by atoms with E-state index < -0.39 is 21.5 Å². The second-order valence-electron chi connectivity index (χ2n) is 9.50. The summed E-state index contributed by atoms with van der Waals surface area (Å²) in [5.74, 6) is -1.52. The van der Waals surface area contributed by atoms with Crippen LogP contribution >= 0.6 is 0 Å². The Morgan fingerprint density at radius 2 is 1.81 bits per heavy atom. The summed E-state index contributed by atoms with van der Waals surface area (Å²) < 4.78 is 54.8. The molecule has 188 valence electrons. The molecule has 0 saturated carbocycles. The maximum atomic E-state index is 15.3. The molecule has 4 aromatic rings. The maximum absolute atomic E-state index is 15.3. The molecule has 3 heterocycles. The van der Waals surface area contributed by atoms with E-state index in [1.54, 1.807) is 37.6 Å². The standard InChI is InChI=1S/C27H27F2N3O3S/c1-4-5-6-22-19-13-30-26-25(19)20(14-31(2)27(26)33)18-11-16(15-36(3,34)35)7-9-23(18)32(22)24-10-8-17(28)12-21(24)29/h7-14,22,30H,4-6,15H2,1-3H3. The fourth-order valence-electron chi connectivity index (χ4n) is 5.22. The van der Waals surface area contributed by atoms with Crippen molar-refractivity contribution in [3.63, 3.8) is 0 Å². The van der Waals surface area contributed by atoms with Crippen LogP contribution in [-0.2, 0) is 22.6 Å². The van der Waals surface area contributed by atoms with Crippen molar-refractivity contribution in [1.29, 1.82) is 0 Å². The summed E-state index contributed by atoms with van der Waals surface area (Å²) in [7, 11) is -1.64. The number of aromatic nitrogens is 2. The number of hydrogen-bond acceptors (Lipinski definition) is 4. The predicted molar refractivity (Wildman–Crippen MR) is 138 cm³/mol. The van der Waals surface area contributed by atoms with E-state index in [2.05, 4.69) is 11.9 Å². The van der Waals surface area contributed by atoms with Gasteiger partial charge in [0.05, 0.1) is 17.5 Å². The molecule has 0 amide bonds. The number of unbranched alkanes of at least 4 members (excludes halogenated alkanes) is 1. The van der Waals surface area contributed by atoms with Crippen molar-refractivity contribution in [2.45, 2.75) is 38.0 Å². The minimum absolute atomic E-state index is 0.153. The molecule has 1 atom stereocenters. The first-order valence-corrected chi connectivity index (χ1v) is 13.9. The van der Waals surface area contributed by atoms with Gasteiger partial charge in [-0.2, -0.15) is 0 Å². The van der Waals surface area contributed by atoms with Crippen molar-refractivity contribution in [3.8, 4) is 11.1 Å². The topological polar surface area (TPSA) is 75.2 Å². The summed E-state index contributed by atoms with van der Waals surface area (Å²) in [4.78, 5) is 18.0. The van der Waals surface area contributed by atoms with Crippen molar-refractivity contribution in [2.75, 3.05) is 11.2 Å². The number of aryl methyl sites for hydroxylation is 1. The van der Waals surface area contributed by atoms with Crippen LogP contribution in [0, 0.1) is 11.6 Å². The number of nitrogens with one attached hydrogen (secondary N) is 1. The minimum atomic E-state index is -3.31. The molecule has 5 rings (SSSR count).